The molecule has 1 saturated heterocycles. The highest BCUT2D eigenvalue weighted by molar-refractivity contribution is 6.00. The van der Waals surface area contributed by atoms with Crippen LogP contribution < -0.4 is 0 Å². The van der Waals surface area contributed by atoms with Crippen molar-refractivity contribution in [1.82, 2.24) is 4.90 Å². The number of carbonyl (C=O) groups excluding carboxylic acids is 2. The second-order valence-electron chi connectivity index (χ2n) is 6.82. The van der Waals surface area contributed by atoms with E-state index in [1.807, 2.05) is 20.8 Å². The number of hydrogen-bond acceptors (Lipinski definition) is 4. The number of unbranched alkanes of at least 4 members (excludes halogenated alkanes) is 1. The van der Waals surface area contributed by atoms with Gasteiger partial charge in [-0.2, -0.15) is 0 Å². The van der Waals surface area contributed by atoms with Gasteiger partial charge in [0.15, 0.2) is 5.78 Å². The molecular formula is C18H29NO3. The van der Waals surface area contributed by atoms with Gasteiger partial charge in [-0.1, -0.05) is 33.3 Å². The summed E-state index contributed by atoms with van der Waals surface area (Å²) in [6, 6.07) is -0.231. The van der Waals surface area contributed by atoms with Crippen LogP contribution in [-0.4, -0.2) is 42.4 Å². The lowest BCUT2D eigenvalue weighted by atomic mass is 9.97. The second kappa shape index (κ2) is 7.40. The number of esters is 1. The summed E-state index contributed by atoms with van der Waals surface area (Å²) >= 11 is 0. The number of likely N-dealkylation sites (tertiary alicyclic amines) is 1. The summed E-state index contributed by atoms with van der Waals surface area (Å²) < 4.78 is 5.22. The van der Waals surface area contributed by atoms with E-state index in [0.717, 1.165) is 31.4 Å². The van der Waals surface area contributed by atoms with Crippen LogP contribution in [0.1, 0.15) is 47.0 Å². The molecule has 124 valence electrons. The third-order valence-electron chi connectivity index (χ3n) is 4.81. The Bertz CT molecular complexity index is 455. The van der Waals surface area contributed by atoms with E-state index < -0.39 is 0 Å². The van der Waals surface area contributed by atoms with Gasteiger partial charge in [0, 0.05) is 24.9 Å². The van der Waals surface area contributed by atoms with Crippen molar-refractivity contribution in [2.45, 2.75) is 53.0 Å². The van der Waals surface area contributed by atoms with E-state index in [-0.39, 0.29) is 29.8 Å². The van der Waals surface area contributed by atoms with E-state index in [9.17, 15) is 9.59 Å². The lowest BCUT2D eigenvalue weighted by Gasteiger charge is -2.29. The predicted octanol–water partition coefficient (Wildman–Crippen LogP) is 2.82. The molecule has 0 radical (unpaired) electrons. The molecule has 0 amide bonds. The Morgan fingerprint density at radius 1 is 1.36 bits per heavy atom. The molecule has 0 bridgehead atoms. The smallest absolute Gasteiger partial charge is 0.323 e. The number of allylic oxidation sites excluding steroid dienone is 1. The number of carbonyl (C=O) groups is 2. The van der Waals surface area contributed by atoms with Gasteiger partial charge in [0.05, 0.1) is 6.61 Å². The Balaban J connectivity index is 2.05. The first-order valence-electron chi connectivity index (χ1n) is 8.65. The molecule has 0 N–H and O–H groups in total. The Labute approximate surface area is 133 Å². The van der Waals surface area contributed by atoms with Gasteiger partial charge >= 0.3 is 5.97 Å². The molecule has 0 aromatic heterocycles. The van der Waals surface area contributed by atoms with E-state index >= 15 is 0 Å². The summed E-state index contributed by atoms with van der Waals surface area (Å²) in [5.74, 6) is 0.696. The lowest BCUT2D eigenvalue weighted by molar-refractivity contribution is -0.151. The first-order chi connectivity index (χ1) is 10.5. The molecule has 4 heteroatoms. The van der Waals surface area contributed by atoms with E-state index in [1.165, 1.54) is 0 Å². The predicted molar refractivity (Wildman–Crippen MR) is 86.4 cm³/mol. The summed E-state index contributed by atoms with van der Waals surface area (Å²) in [5.41, 5.74) is 1.02. The first kappa shape index (κ1) is 17.2. The molecule has 2 rings (SSSR count). The minimum absolute atomic E-state index is 0.0579. The summed E-state index contributed by atoms with van der Waals surface area (Å²) in [7, 11) is 0. The van der Waals surface area contributed by atoms with Gasteiger partial charge in [0.25, 0.3) is 0 Å². The second-order valence-corrected chi connectivity index (χ2v) is 6.82. The molecule has 0 aromatic carbocycles. The largest absolute Gasteiger partial charge is 0.465 e. The Morgan fingerprint density at radius 3 is 2.64 bits per heavy atom. The van der Waals surface area contributed by atoms with Crippen LogP contribution in [0.3, 0.4) is 0 Å². The number of nitrogens with zero attached hydrogens (tertiary/aromatic N) is 1. The molecule has 22 heavy (non-hydrogen) atoms. The highest BCUT2D eigenvalue weighted by atomic mass is 16.5. The van der Waals surface area contributed by atoms with Gasteiger partial charge in [-0.05, 0) is 31.3 Å². The highest BCUT2D eigenvalue weighted by Crippen LogP contribution is 2.37. The number of Topliss-reactive ketones (excluding diaryl/α,β-unsaturated/α-hetero) is 1. The van der Waals surface area contributed by atoms with Crippen LogP contribution in [0.25, 0.3) is 0 Å². The Morgan fingerprint density at radius 2 is 2.09 bits per heavy atom. The third kappa shape index (κ3) is 3.43. The van der Waals surface area contributed by atoms with Gasteiger partial charge in [-0.3, -0.25) is 14.5 Å². The molecule has 3 atom stereocenters. The van der Waals surface area contributed by atoms with Gasteiger partial charge < -0.3 is 4.74 Å². The maximum absolute atomic E-state index is 12.5. The topological polar surface area (TPSA) is 46.6 Å². The average Bonchev–Trinajstić information content (AvgIpc) is 2.97. The fourth-order valence-corrected chi connectivity index (χ4v) is 3.76. The standard InChI is InChI=1S/C18H29NO3/c1-5-7-8-13-9-14-10-19(11-15(14)17(13)20)16(12(3)4)18(21)22-6-2/h9,12,14-16H,5-8,10-11H2,1-4H3. The quantitative estimate of drug-likeness (QED) is 0.679. The average molecular weight is 307 g/mol. The number of ketones is 1. The molecule has 1 aliphatic heterocycles. The molecule has 0 saturated carbocycles. The van der Waals surface area contributed by atoms with Crippen LogP contribution in [-0.2, 0) is 14.3 Å². The van der Waals surface area contributed by atoms with Gasteiger partial charge in [0.2, 0.25) is 0 Å². The maximum atomic E-state index is 12.5. The molecule has 3 unspecified atom stereocenters. The summed E-state index contributed by atoms with van der Waals surface area (Å²) in [6.07, 6.45) is 5.28. The molecule has 1 aliphatic carbocycles. The van der Waals surface area contributed by atoms with E-state index in [0.29, 0.717) is 18.9 Å². The van der Waals surface area contributed by atoms with Crippen LogP contribution in [0.15, 0.2) is 11.6 Å². The lowest BCUT2D eigenvalue weighted by Crippen LogP contribution is -2.45. The fourth-order valence-electron chi connectivity index (χ4n) is 3.76. The molecular weight excluding hydrogens is 278 g/mol. The molecule has 2 aliphatic rings. The van der Waals surface area contributed by atoms with Crippen molar-refractivity contribution in [2.24, 2.45) is 17.8 Å². The SMILES string of the molecule is CCCCC1=CC2CN(C(C(=O)OCC)C(C)C)CC2C1=O. The van der Waals surface area contributed by atoms with E-state index in [4.69, 9.17) is 4.74 Å². The molecule has 4 nitrogen and oxygen atoms in total. The summed E-state index contributed by atoms with van der Waals surface area (Å²) in [6.45, 7) is 9.96. The van der Waals surface area contributed by atoms with Gasteiger partial charge in [0.1, 0.15) is 6.04 Å². The van der Waals surface area contributed by atoms with Crippen molar-refractivity contribution in [2.75, 3.05) is 19.7 Å². The molecule has 0 aromatic rings. The molecule has 0 spiro atoms. The zero-order chi connectivity index (χ0) is 16.3. The van der Waals surface area contributed by atoms with Gasteiger partial charge in [-0.15, -0.1) is 0 Å². The van der Waals surface area contributed by atoms with Crippen molar-refractivity contribution >= 4 is 11.8 Å². The van der Waals surface area contributed by atoms with Crippen molar-refractivity contribution in [1.29, 1.82) is 0 Å². The monoisotopic (exact) mass is 307 g/mol. The van der Waals surface area contributed by atoms with Gasteiger partial charge in [-0.25, -0.2) is 0 Å². The van der Waals surface area contributed by atoms with Crippen LogP contribution in [0, 0.1) is 17.8 Å². The number of ether oxygens (including phenoxy) is 1. The molecule has 1 fully saturated rings. The van der Waals surface area contributed by atoms with E-state index in [1.54, 1.807) is 0 Å². The zero-order valence-corrected chi connectivity index (χ0v) is 14.3. The van der Waals surface area contributed by atoms with Crippen LogP contribution in [0.5, 0.6) is 0 Å². The van der Waals surface area contributed by atoms with Crippen LogP contribution in [0.4, 0.5) is 0 Å². The van der Waals surface area contributed by atoms with Crippen molar-refractivity contribution < 1.29 is 14.3 Å². The fraction of sp³-hybridized carbons (Fsp3) is 0.778. The zero-order valence-electron chi connectivity index (χ0n) is 14.3. The normalized spacial score (nSPS) is 26.2. The molecule has 1 heterocycles. The van der Waals surface area contributed by atoms with Crippen LogP contribution in [0.2, 0.25) is 0 Å². The summed E-state index contributed by atoms with van der Waals surface area (Å²) in [4.78, 5) is 26.9. The Kier molecular flexibility index (Phi) is 5.79. The maximum Gasteiger partial charge on any atom is 0.323 e. The third-order valence-corrected chi connectivity index (χ3v) is 4.81. The number of fused-ring (bicyclic) bond motifs is 1. The summed E-state index contributed by atoms with van der Waals surface area (Å²) in [5, 5.41) is 0. The minimum atomic E-state index is -0.231. The Hall–Kier alpha value is -1.16. The van der Waals surface area contributed by atoms with E-state index in [2.05, 4.69) is 17.9 Å². The number of rotatable bonds is 7. The van der Waals surface area contributed by atoms with Crippen molar-refractivity contribution in [3.8, 4) is 0 Å². The number of hydrogen-bond donors (Lipinski definition) is 0. The first-order valence-corrected chi connectivity index (χ1v) is 8.65. The van der Waals surface area contributed by atoms with Crippen molar-refractivity contribution in [3.63, 3.8) is 0 Å². The highest BCUT2D eigenvalue weighted by Gasteiger charge is 2.46. The van der Waals surface area contributed by atoms with Crippen molar-refractivity contribution in [3.05, 3.63) is 11.6 Å². The minimum Gasteiger partial charge on any atom is -0.465 e. The van der Waals surface area contributed by atoms with Crippen LogP contribution >= 0.6 is 0 Å².